The van der Waals surface area contributed by atoms with Crippen LogP contribution in [0.25, 0.3) is 11.3 Å². The first-order chi connectivity index (χ1) is 11.8. The Morgan fingerprint density at radius 1 is 0.875 bits per heavy atom. The third kappa shape index (κ3) is 2.78. The highest BCUT2D eigenvalue weighted by molar-refractivity contribution is 8.13. The molecule has 0 aliphatic carbocycles. The predicted molar refractivity (Wildman–Crippen MR) is 101 cm³/mol. The Bertz CT molecular complexity index is 911. The van der Waals surface area contributed by atoms with E-state index >= 15 is 0 Å². The first-order valence-electron chi connectivity index (χ1n) is 7.73. The van der Waals surface area contributed by atoms with E-state index in [0.29, 0.717) is 6.54 Å². The van der Waals surface area contributed by atoms with Crippen LogP contribution in [0, 0.1) is 0 Å². The minimum Gasteiger partial charge on any atom is -0.256 e. The third-order valence-electron chi connectivity index (χ3n) is 3.93. The highest BCUT2D eigenvalue weighted by Crippen LogP contribution is 2.23. The number of benzene rings is 2. The second-order valence-corrected chi connectivity index (χ2v) is 6.26. The fourth-order valence-corrected chi connectivity index (χ4v) is 3.21. The van der Waals surface area contributed by atoms with Crippen LogP contribution >= 0.6 is 11.8 Å². The van der Waals surface area contributed by atoms with Gasteiger partial charge in [-0.05, 0) is 17.9 Å². The third-order valence-corrected chi connectivity index (χ3v) is 4.61. The molecule has 118 valence electrons. The lowest BCUT2D eigenvalue weighted by atomic mass is 10.1. The lowest BCUT2D eigenvalue weighted by molar-refractivity contribution is 0.724. The molecular weight excluding hydrogens is 316 g/mol. The number of fused-ring (bicyclic) bond motifs is 1. The van der Waals surface area contributed by atoms with Crippen LogP contribution in [-0.4, -0.2) is 26.8 Å². The van der Waals surface area contributed by atoms with Crippen molar-refractivity contribution in [3.8, 4) is 11.3 Å². The van der Waals surface area contributed by atoms with Gasteiger partial charge in [-0.1, -0.05) is 60.7 Å². The monoisotopic (exact) mass is 332 g/mol. The minimum atomic E-state index is 0.611. The Labute approximate surface area is 144 Å². The van der Waals surface area contributed by atoms with Crippen LogP contribution in [-0.2, 0) is 6.54 Å². The molecule has 0 unspecified atom stereocenters. The molecule has 1 aliphatic heterocycles. The van der Waals surface area contributed by atoms with Crippen LogP contribution in [0.4, 0.5) is 0 Å². The van der Waals surface area contributed by atoms with Crippen molar-refractivity contribution in [1.29, 1.82) is 0 Å². The summed E-state index contributed by atoms with van der Waals surface area (Å²) in [4.78, 5) is 0. The fraction of sp³-hybridized carbons (Fsp3) is 0.105. The highest BCUT2D eigenvalue weighted by Gasteiger charge is 2.19. The van der Waals surface area contributed by atoms with Crippen LogP contribution in [0.1, 0.15) is 11.3 Å². The van der Waals surface area contributed by atoms with E-state index in [0.717, 1.165) is 33.3 Å². The molecule has 4 rings (SSSR count). The molecule has 0 bridgehead atoms. The summed E-state index contributed by atoms with van der Waals surface area (Å²) >= 11 is 1.59. The quantitative estimate of drug-likeness (QED) is 0.710. The summed E-state index contributed by atoms with van der Waals surface area (Å²) in [6.45, 7) is 0.611. The van der Waals surface area contributed by atoms with Crippen LogP contribution < -0.4 is 0 Å². The first-order valence-corrected chi connectivity index (χ1v) is 8.95. The summed E-state index contributed by atoms with van der Waals surface area (Å²) in [5.74, 6) is 0. The van der Waals surface area contributed by atoms with Crippen LogP contribution in [0.3, 0.4) is 0 Å². The Morgan fingerprint density at radius 3 is 2.21 bits per heavy atom. The molecule has 24 heavy (non-hydrogen) atoms. The standard InChI is InChI=1S/C19H16N4S/c1-24-19-18-12-16(14-8-4-2-5-9-14)22-23(18)13-17(20-21-19)15-10-6-3-7-11-15/h2-12H,13H2,1H3. The van der Waals surface area contributed by atoms with Gasteiger partial charge in [0.1, 0.15) is 5.04 Å². The van der Waals surface area contributed by atoms with E-state index < -0.39 is 0 Å². The summed E-state index contributed by atoms with van der Waals surface area (Å²) in [6.07, 6.45) is 2.02. The molecule has 0 saturated carbocycles. The van der Waals surface area contributed by atoms with Gasteiger partial charge in [0.2, 0.25) is 0 Å². The molecule has 1 aromatic heterocycles. The van der Waals surface area contributed by atoms with Crippen LogP contribution in [0.2, 0.25) is 0 Å². The maximum atomic E-state index is 4.80. The Morgan fingerprint density at radius 2 is 1.54 bits per heavy atom. The Hall–Kier alpha value is -2.66. The lowest BCUT2D eigenvalue weighted by Crippen LogP contribution is -2.14. The van der Waals surface area contributed by atoms with Gasteiger partial charge in [-0.15, -0.1) is 16.9 Å². The van der Waals surface area contributed by atoms with E-state index in [1.807, 2.05) is 47.3 Å². The van der Waals surface area contributed by atoms with Gasteiger partial charge in [-0.3, -0.25) is 4.68 Å². The van der Waals surface area contributed by atoms with E-state index in [4.69, 9.17) is 5.10 Å². The van der Waals surface area contributed by atoms with Crippen molar-refractivity contribution >= 4 is 22.5 Å². The summed E-state index contributed by atoms with van der Waals surface area (Å²) in [5, 5.41) is 14.6. The molecule has 0 fully saturated rings. The SMILES string of the molecule is CSC1=NN=C(c2ccccc2)Cn2nc(-c3ccccc3)cc21. The van der Waals surface area contributed by atoms with E-state index in [-0.39, 0.29) is 0 Å². The Kier molecular flexibility index (Phi) is 4.01. The van der Waals surface area contributed by atoms with Gasteiger partial charge in [-0.25, -0.2) is 0 Å². The van der Waals surface area contributed by atoms with Crippen molar-refractivity contribution in [3.63, 3.8) is 0 Å². The zero-order valence-corrected chi connectivity index (χ0v) is 14.1. The Balaban J connectivity index is 1.78. The van der Waals surface area contributed by atoms with E-state index in [1.165, 1.54) is 0 Å². The number of thioether (sulfide) groups is 1. The van der Waals surface area contributed by atoms with Crippen molar-refractivity contribution in [2.24, 2.45) is 10.2 Å². The number of aromatic nitrogens is 2. The molecule has 0 amide bonds. The largest absolute Gasteiger partial charge is 0.256 e. The topological polar surface area (TPSA) is 42.5 Å². The summed E-state index contributed by atoms with van der Waals surface area (Å²) in [6, 6.07) is 22.5. The summed E-state index contributed by atoms with van der Waals surface area (Å²) < 4.78 is 2.00. The molecule has 0 radical (unpaired) electrons. The molecular formula is C19H16N4S. The number of hydrogen-bond donors (Lipinski definition) is 0. The van der Waals surface area contributed by atoms with Crippen molar-refractivity contribution in [2.75, 3.05) is 6.26 Å². The zero-order valence-electron chi connectivity index (χ0n) is 13.3. The average molecular weight is 332 g/mol. The molecule has 0 saturated heterocycles. The molecule has 0 N–H and O–H groups in total. The molecule has 2 heterocycles. The van der Waals surface area contributed by atoms with E-state index in [1.54, 1.807) is 11.8 Å². The first kappa shape index (κ1) is 14.9. The normalized spacial score (nSPS) is 13.7. The van der Waals surface area contributed by atoms with E-state index in [2.05, 4.69) is 40.5 Å². The maximum Gasteiger partial charge on any atom is 0.144 e. The summed E-state index contributed by atoms with van der Waals surface area (Å²) in [7, 11) is 0. The van der Waals surface area contributed by atoms with Gasteiger partial charge in [0.25, 0.3) is 0 Å². The minimum absolute atomic E-state index is 0.611. The fourth-order valence-electron chi connectivity index (χ4n) is 2.71. The van der Waals surface area contributed by atoms with Gasteiger partial charge in [0.05, 0.1) is 23.6 Å². The van der Waals surface area contributed by atoms with Gasteiger partial charge in [0, 0.05) is 5.56 Å². The number of nitrogens with zero attached hydrogens (tertiary/aromatic N) is 4. The van der Waals surface area contributed by atoms with Gasteiger partial charge in [-0.2, -0.15) is 10.2 Å². The van der Waals surface area contributed by atoms with E-state index in [9.17, 15) is 0 Å². The second kappa shape index (κ2) is 6.45. The smallest absolute Gasteiger partial charge is 0.144 e. The molecule has 0 spiro atoms. The lowest BCUT2D eigenvalue weighted by Gasteiger charge is -2.06. The van der Waals surface area contributed by atoms with Crippen molar-refractivity contribution in [2.45, 2.75) is 6.54 Å². The molecule has 4 nitrogen and oxygen atoms in total. The number of hydrogen-bond acceptors (Lipinski definition) is 4. The van der Waals surface area contributed by atoms with Gasteiger partial charge < -0.3 is 0 Å². The predicted octanol–water partition coefficient (Wildman–Crippen LogP) is 4.08. The van der Waals surface area contributed by atoms with Crippen molar-refractivity contribution in [3.05, 3.63) is 78.0 Å². The van der Waals surface area contributed by atoms with Gasteiger partial charge in [0.15, 0.2) is 0 Å². The molecule has 1 aliphatic rings. The van der Waals surface area contributed by atoms with Crippen LogP contribution in [0.15, 0.2) is 76.9 Å². The molecule has 2 aromatic carbocycles. The van der Waals surface area contributed by atoms with Gasteiger partial charge >= 0.3 is 0 Å². The van der Waals surface area contributed by atoms with Crippen molar-refractivity contribution < 1.29 is 0 Å². The van der Waals surface area contributed by atoms with Crippen LogP contribution in [0.5, 0.6) is 0 Å². The highest BCUT2D eigenvalue weighted by atomic mass is 32.2. The zero-order chi connectivity index (χ0) is 16.4. The summed E-state index contributed by atoms with van der Waals surface area (Å²) in [5.41, 5.74) is 5.07. The molecule has 0 atom stereocenters. The molecule has 3 aromatic rings. The van der Waals surface area contributed by atoms with Crippen molar-refractivity contribution in [1.82, 2.24) is 9.78 Å². The average Bonchev–Trinajstić information content (AvgIpc) is 2.98. The number of rotatable bonds is 2. The molecule has 5 heteroatoms. The second-order valence-electron chi connectivity index (χ2n) is 5.46. The maximum absolute atomic E-state index is 4.80.